The molecule has 0 aromatic heterocycles. The molecule has 0 fully saturated rings. The van der Waals surface area contributed by atoms with Crippen LogP contribution in [0.4, 0.5) is 11.4 Å². The van der Waals surface area contributed by atoms with Crippen LogP contribution in [-0.4, -0.2) is 20.0 Å². The normalized spacial score (nSPS) is 10.9. The summed E-state index contributed by atoms with van der Waals surface area (Å²) in [5, 5.41) is 15.6. The van der Waals surface area contributed by atoms with E-state index in [0.717, 1.165) is 22.5 Å². The quantitative estimate of drug-likeness (QED) is 0.456. The van der Waals surface area contributed by atoms with Crippen LogP contribution < -0.4 is 15.5 Å². The molecule has 0 saturated carbocycles. The number of nitrogens with one attached hydrogen (secondary N) is 2. The molecule has 5 heteroatoms. The SMILES string of the molecule is CN(C)c1cccc(N/C=C(/C#N)C(=O)NC(c2ccccc2)c2ccccc2)c1. The molecule has 0 bridgehead atoms. The van der Waals surface area contributed by atoms with Gasteiger partial charge >= 0.3 is 0 Å². The maximum absolute atomic E-state index is 12.9. The van der Waals surface area contributed by atoms with Crippen LogP contribution in [0.25, 0.3) is 0 Å². The second-order valence-corrected chi connectivity index (χ2v) is 6.99. The van der Waals surface area contributed by atoms with E-state index < -0.39 is 5.91 Å². The van der Waals surface area contributed by atoms with Crippen LogP contribution in [0.1, 0.15) is 17.2 Å². The molecular weight excluding hydrogens is 372 g/mol. The van der Waals surface area contributed by atoms with Crippen molar-refractivity contribution < 1.29 is 4.79 Å². The minimum atomic E-state index is -0.438. The number of hydrogen-bond donors (Lipinski definition) is 2. The monoisotopic (exact) mass is 396 g/mol. The van der Waals surface area contributed by atoms with Crippen LogP contribution >= 0.6 is 0 Å². The van der Waals surface area contributed by atoms with Crippen LogP contribution in [-0.2, 0) is 4.79 Å². The third-order valence-electron chi connectivity index (χ3n) is 4.65. The fourth-order valence-electron chi connectivity index (χ4n) is 3.04. The van der Waals surface area contributed by atoms with Gasteiger partial charge in [-0.1, -0.05) is 66.7 Å². The first-order valence-corrected chi connectivity index (χ1v) is 9.63. The average molecular weight is 396 g/mol. The average Bonchev–Trinajstić information content (AvgIpc) is 2.79. The lowest BCUT2D eigenvalue weighted by Crippen LogP contribution is -2.30. The minimum Gasteiger partial charge on any atom is -0.378 e. The summed E-state index contributed by atoms with van der Waals surface area (Å²) in [6, 6.07) is 28.8. The summed E-state index contributed by atoms with van der Waals surface area (Å²) in [7, 11) is 3.91. The Kier molecular flexibility index (Phi) is 6.86. The molecule has 0 unspecified atom stereocenters. The number of carbonyl (C=O) groups is 1. The topological polar surface area (TPSA) is 68.2 Å². The molecule has 5 nitrogen and oxygen atoms in total. The first-order chi connectivity index (χ1) is 14.6. The highest BCUT2D eigenvalue weighted by Gasteiger charge is 2.19. The predicted molar refractivity (Wildman–Crippen MR) is 121 cm³/mol. The van der Waals surface area contributed by atoms with Gasteiger partial charge in [-0.15, -0.1) is 0 Å². The molecule has 3 aromatic carbocycles. The molecule has 150 valence electrons. The van der Waals surface area contributed by atoms with E-state index >= 15 is 0 Å². The van der Waals surface area contributed by atoms with Crippen molar-refractivity contribution in [1.29, 1.82) is 5.26 Å². The second-order valence-electron chi connectivity index (χ2n) is 6.99. The number of carbonyl (C=O) groups excluding carboxylic acids is 1. The van der Waals surface area contributed by atoms with E-state index in [1.165, 1.54) is 6.20 Å². The number of anilines is 2. The fourth-order valence-corrected chi connectivity index (χ4v) is 3.04. The lowest BCUT2D eigenvalue weighted by molar-refractivity contribution is -0.117. The first-order valence-electron chi connectivity index (χ1n) is 9.63. The van der Waals surface area contributed by atoms with Crippen LogP contribution in [0.2, 0.25) is 0 Å². The van der Waals surface area contributed by atoms with Gasteiger partial charge in [-0.3, -0.25) is 4.79 Å². The molecular formula is C25H24N4O. The van der Waals surface area contributed by atoms with E-state index in [4.69, 9.17) is 0 Å². The van der Waals surface area contributed by atoms with Gasteiger partial charge in [0.25, 0.3) is 5.91 Å². The number of nitriles is 1. The van der Waals surface area contributed by atoms with Crippen molar-refractivity contribution in [2.24, 2.45) is 0 Å². The van der Waals surface area contributed by atoms with Crippen LogP contribution in [0.5, 0.6) is 0 Å². The highest BCUT2D eigenvalue weighted by Crippen LogP contribution is 2.22. The molecule has 0 heterocycles. The minimum absolute atomic E-state index is 0.00196. The zero-order chi connectivity index (χ0) is 21.3. The Balaban J connectivity index is 1.81. The molecule has 0 spiro atoms. The number of benzene rings is 3. The van der Waals surface area contributed by atoms with Crippen LogP contribution in [0.15, 0.2) is 96.7 Å². The second kappa shape index (κ2) is 9.94. The summed E-state index contributed by atoms with van der Waals surface area (Å²) >= 11 is 0. The van der Waals surface area contributed by atoms with E-state index in [1.54, 1.807) is 0 Å². The van der Waals surface area contributed by atoms with Gasteiger partial charge in [-0.05, 0) is 29.3 Å². The van der Waals surface area contributed by atoms with Crippen LogP contribution in [0, 0.1) is 11.3 Å². The smallest absolute Gasteiger partial charge is 0.264 e. The van der Waals surface area contributed by atoms with Gasteiger partial charge in [-0.2, -0.15) is 5.26 Å². The summed E-state index contributed by atoms with van der Waals surface area (Å²) < 4.78 is 0. The van der Waals surface area contributed by atoms with E-state index in [-0.39, 0.29) is 11.6 Å². The number of nitrogens with zero attached hydrogens (tertiary/aromatic N) is 2. The zero-order valence-electron chi connectivity index (χ0n) is 17.0. The van der Waals surface area contributed by atoms with Gasteiger partial charge < -0.3 is 15.5 Å². The Morgan fingerprint density at radius 1 is 0.933 bits per heavy atom. The highest BCUT2D eigenvalue weighted by molar-refractivity contribution is 5.98. The van der Waals surface area contributed by atoms with E-state index in [0.29, 0.717) is 0 Å². The maximum Gasteiger partial charge on any atom is 0.264 e. The van der Waals surface area contributed by atoms with Gasteiger partial charge in [0.05, 0.1) is 6.04 Å². The van der Waals surface area contributed by atoms with E-state index in [1.807, 2.05) is 110 Å². The summed E-state index contributed by atoms with van der Waals surface area (Å²) in [5.74, 6) is -0.438. The molecule has 3 rings (SSSR count). The van der Waals surface area contributed by atoms with Crippen LogP contribution in [0.3, 0.4) is 0 Å². The van der Waals surface area contributed by atoms with Crippen molar-refractivity contribution in [2.45, 2.75) is 6.04 Å². The molecule has 0 aliphatic heterocycles. The summed E-state index contributed by atoms with van der Waals surface area (Å²) in [5.41, 5.74) is 3.71. The van der Waals surface area contributed by atoms with Gasteiger partial charge in [-0.25, -0.2) is 0 Å². The van der Waals surface area contributed by atoms with Gasteiger partial charge in [0.1, 0.15) is 11.6 Å². The molecule has 1 amide bonds. The van der Waals surface area contributed by atoms with Crippen molar-refractivity contribution in [3.8, 4) is 6.07 Å². The summed E-state index contributed by atoms with van der Waals surface area (Å²) in [4.78, 5) is 14.9. The van der Waals surface area contributed by atoms with Gasteiger partial charge in [0.2, 0.25) is 0 Å². The number of hydrogen-bond acceptors (Lipinski definition) is 4. The van der Waals surface area contributed by atoms with Crippen molar-refractivity contribution in [2.75, 3.05) is 24.3 Å². The predicted octanol–water partition coefficient (Wildman–Crippen LogP) is 4.48. The van der Waals surface area contributed by atoms with Crippen molar-refractivity contribution >= 4 is 17.3 Å². The highest BCUT2D eigenvalue weighted by atomic mass is 16.1. The zero-order valence-corrected chi connectivity index (χ0v) is 17.0. The lowest BCUT2D eigenvalue weighted by Gasteiger charge is -2.19. The van der Waals surface area contributed by atoms with E-state index in [9.17, 15) is 10.1 Å². The Morgan fingerprint density at radius 3 is 2.07 bits per heavy atom. The molecule has 0 aliphatic rings. The van der Waals surface area contributed by atoms with E-state index in [2.05, 4.69) is 10.6 Å². The third kappa shape index (κ3) is 5.27. The van der Waals surface area contributed by atoms with Crippen molar-refractivity contribution in [3.63, 3.8) is 0 Å². The molecule has 0 atom stereocenters. The Bertz CT molecular complexity index is 1010. The lowest BCUT2D eigenvalue weighted by atomic mass is 9.98. The Morgan fingerprint density at radius 2 is 1.53 bits per heavy atom. The summed E-state index contributed by atoms with van der Waals surface area (Å²) in [6.07, 6.45) is 1.44. The molecule has 2 N–H and O–H groups in total. The molecule has 0 radical (unpaired) electrons. The first kappa shape index (κ1) is 20.7. The van der Waals surface area contributed by atoms with Gasteiger partial charge in [0, 0.05) is 31.7 Å². The third-order valence-corrected chi connectivity index (χ3v) is 4.65. The molecule has 3 aromatic rings. The molecule has 0 aliphatic carbocycles. The Labute approximate surface area is 177 Å². The standard InChI is InChI=1S/C25H24N4O/c1-29(2)23-15-9-14-22(16-23)27-18-21(17-26)25(30)28-24(19-10-5-3-6-11-19)20-12-7-4-8-13-20/h3-16,18,24,27H,1-2H3,(H,28,30)/b21-18-. The molecule has 30 heavy (non-hydrogen) atoms. The Hall–Kier alpha value is -4.04. The fraction of sp³-hybridized carbons (Fsp3) is 0.120. The maximum atomic E-state index is 12.9. The van der Waals surface area contributed by atoms with Gasteiger partial charge in [0.15, 0.2) is 0 Å². The largest absolute Gasteiger partial charge is 0.378 e. The molecule has 0 saturated heterocycles. The van der Waals surface area contributed by atoms with Crippen molar-refractivity contribution in [3.05, 3.63) is 108 Å². The van der Waals surface area contributed by atoms with Crippen molar-refractivity contribution in [1.82, 2.24) is 5.32 Å². The number of rotatable bonds is 7. The number of amides is 1. The summed E-state index contributed by atoms with van der Waals surface area (Å²) in [6.45, 7) is 0.